The second-order valence-electron chi connectivity index (χ2n) is 5.23. The number of aryl methyl sites for hydroxylation is 1. The number of nitro benzene ring substituents is 2. The van der Waals surface area contributed by atoms with Gasteiger partial charge in [0.05, 0.1) is 21.6 Å². The molecule has 0 bridgehead atoms. The van der Waals surface area contributed by atoms with E-state index < -0.39 is 15.5 Å². The van der Waals surface area contributed by atoms with Gasteiger partial charge < -0.3 is 5.32 Å². The van der Waals surface area contributed by atoms with Gasteiger partial charge in [-0.15, -0.1) is 0 Å². The Labute approximate surface area is 142 Å². The Morgan fingerprint density at radius 1 is 1.12 bits per heavy atom. The molecular formula is C15H17N5O5. The molecule has 0 aliphatic carbocycles. The van der Waals surface area contributed by atoms with Gasteiger partial charge in [0.25, 0.3) is 16.9 Å². The monoisotopic (exact) mass is 347 g/mol. The molecule has 0 saturated heterocycles. The largest absolute Gasteiger partial charge is 0.375 e. The Hall–Kier alpha value is -3.30. The van der Waals surface area contributed by atoms with Crippen molar-refractivity contribution < 1.29 is 9.85 Å². The van der Waals surface area contributed by atoms with Crippen LogP contribution in [0.5, 0.6) is 0 Å². The number of non-ortho nitro benzene ring substituents is 1. The number of benzene rings is 1. The van der Waals surface area contributed by atoms with E-state index >= 15 is 0 Å². The number of aromatic amines is 1. The van der Waals surface area contributed by atoms with Crippen LogP contribution in [0.2, 0.25) is 0 Å². The van der Waals surface area contributed by atoms with E-state index in [1.807, 2.05) is 13.8 Å². The Balaban J connectivity index is 2.38. The summed E-state index contributed by atoms with van der Waals surface area (Å²) >= 11 is 0. The van der Waals surface area contributed by atoms with Gasteiger partial charge in [0, 0.05) is 18.2 Å². The van der Waals surface area contributed by atoms with Gasteiger partial charge in [-0.05, 0) is 24.5 Å². The zero-order valence-electron chi connectivity index (χ0n) is 13.7. The summed E-state index contributed by atoms with van der Waals surface area (Å²) < 4.78 is 0. The number of rotatable bonds is 7. The predicted octanol–water partition coefficient (Wildman–Crippen LogP) is 2.32. The van der Waals surface area contributed by atoms with Gasteiger partial charge in [-0.2, -0.15) is 5.10 Å². The van der Waals surface area contributed by atoms with E-state index in [2.05, 4.69) is 15.5 Å². The summed E-state index contributed by atoms with van der Waals surface area (Å²) in [5.74, 6) is 0. The first-order chi connectivity index (χ1) is 11.9. The Morgan fingerprint density at radius 3 is 2.40 bits per heavy atom. The molecule has 1 heterocycles. The average molecular weight is 347 g/mol. The van der Waals surface area contributed by atoms with Crippen molar-refractivity contribution in [2.24, 2.45) is 0 Å². The number of aromatic nitrogens is 2. The molecule has 0 aliphatic rings. The Morgan fingerprint density at radius 2 is 1.84 bits per heavy atom. The molecule has 0 aliphatic heterocycles. The van der Waals surface area contributed by atoms with Gasteiger partial charge in [0.1, 0.15) is 5.69 Å². The normalized spacial score (nSPS) is 10.5. The van der Waals surface area contributed by atoms with Crippen LogP contribution >= 0.6 is 0 Å². The minimum atomic E-state index is -0.704. The minimum absolute atomic E-state index is 0.0483. The summed E-state index contributed by atoms with van der Waals surface area (Å²) in [6.07, 6.45) is 1.24. The van der Waals surface area contributed by atoms with Gasteiger partial charge in [0.15, 0.2) is 0 Å². The molecule has 2 rings (SSSR count). The van der Waals surface area contributed by atoms with E-state index in [9.17, 15) is 25.0 Å². The topological polar surface area (TPSA) is 144 Å². The highest BCUT2D eigenvalue weighted by molar-refractivity contribution is 5.65. The van der Waals surface area contributed by atoms with Gasteiger partial charge >= 0.3 is 0 Å². The third-order valence-corrected chi connectivity index (χ3v) is 3.81. The third-order valence-electron chi connectivity index (χ3n) is 3.81. The molecule has 25 heavy (non-hydrogen) atoms. The molecular weight excluding hydrogens is 330 g/mol. The number of nitrogens with one attached hydrogen (secondary N) is 2. The number of nitrogens with zero attached hydrogens (tertiary/aromatic N) is 3. The standard InChI is InChI=1S/C15H17N5O5/c1-3-10-11(15(21)18-17-12(10)4-2)8-16-13-6-5-9(19(22)23)7-14(13)20(24)25/h5-7,16H,3-4,8H2,1-2H3,(H,18,21). The molecule has 0 amide bonds. The molecule has 132 valence electrons. The first kappa shape index (κ1) is 18.0. The summed E-state index contributed by atoms with van der Waals surface area (Å²) in [5.41, 5.74) is 0.940. The lowest BCUT2D eigenvalue weighted by atomic mass is 10.0. The van der Waals surface area contributed by atoms with Crippen LogP contribution in [0.4, 0.5) is 17.1 Å². The summed E-state index contributed by atoms with van der Waals surface area (Å²) in [6, 6.07) is 3.32. The smallest absolute Gasteiger partial charge is 0.299 e. The molecule has 0 atom stereocenters. The fraction of sp³-hybridized carbons (Fsp3) is 0.333. The minimum Gasteiger partial charge on any atom is -0.375 e. The molecule has 0 spiro atoms. The van der Waals surface area contributed by atoms with E-state index in [-0.39, 0.29) is 23.5 Å². The maximum absolute atomic E-state index is 12.1. The van der Waals surface area contributed by atoms with E-state index in [1.54, 1.807) is 0 Å². The number of hydrogen-bond donors (Lipinski definition) is 2. The molecule has 2 N–H and O–H groups in total. The van der Waals surface area contributed by atoms with Crippen molar-refractivity contribution in [3.63, 3.8) is 0 Å². The van der Waals surface area contributed by atoms with Crippen LogP contribution < -0.4 is 10.9 Å². The van der Waals surface area contributed by atoms with E-state index in [1.165, 1.54) is 12.1 Å². The average Bonchev–Trinajstić information content (AvgIpc) is 2.59. The van der Waals surface area contributed by atoms with E-state index in [4.69, 9.17) is 0 Å². The third kappa shape index (κ3) is 3.79. The molecule has 2 aromatic rings. The predicted molar refractivity (Wildman–Crippen MR) is 90.7 cm³/mol. The van der Waals surface area contributed by atoms with Crippen LogP contribution in [0.3, 0.4) is 0 Å². The second-order valence-corrected chi connectivity index (χ2v) is 5.23. The van der Waals surface area contributed by atoms with Crippen LogP contribution in [-0.4, -0.2) is 20.0 Å². The number of H-pyrrole nitrogens is 1. The lowest BCUT2D eigenvalue weighted by Gasteiger charge is -2.12. The molecule has 10 nitrogen and oxygen atoms in total. The summed E-state index contributed by atoms with van der Waals surface area (Å²) in [4.78, 5) is 32.6. The van der Waals surface area contributed by atoms with E-state index in [0.29, 0.717) is 18.4 Å². The van der Waals surface area contributed by atoms with Crippen LogP contribution in [-0.2, 0) is 19.4 Å². The fourth-order valence-corrected chi connectivity index (χ4v) is 2.58. The molecule has 1 aromatic carbocycles. The Bertz CT molecular complexity index is 877. The van der Waals surface area contributed by atoms with Crippen molar-refractivity contribution in [2.75, 3.05) is 5.32 Å². The lowest BCUT2D eigenvalue weighted by Crippen LogP contribution is -2.22. The van der Waals surface area contributed by atoms with Crippen LogP contribution in [0.25, 0.3) is 0 Å². The highest BCUT2D eigenvalue weighted by Crippen LogP contribution is 2.29. The first-order valence-corrected chi connectivity index (χ1v) is 7.65. The maximum Gasteiger partial charge on any atom is 0.299 e. The van der Waals surface area contributed by atoms with Crippen molar-refractivity contribution in [3.05, 3.63) is 65.6 Å². The zero-order chi connectivity index (χ0) is 18.6. The second kappa shape index (κ2) is 7.51. The molecule has 1 aromatic heterocycles. The quantitative estimate of drug-likeness (QED) is 0.577. The maximum atomic E-state index is 12.1. The molecule has 0 radical (unpaired) electrons. The molecule has 10 heteroatoms. The van der Waals surface area contributed by atoms with Crippen LogP contribution in [0, 0.1) is 20.2 Å². The number of anilines is 1. The first-order valence-electron chi connectivity index (χ1n) is 7.65. The SMILES string of the molecule is CCc1n[nH]c(=O)c(CNc2ccc([N+](=O)[O-])cc2[N+](=O)[O-])c1CC. The molecule has 0 fully saturated rings. The Kier molecular flexibility index (Phi) is 5.42. The van der Waals surface area contributed by atoms with Gasteiger partial charge in [0.2, 0.25) is 0 Å². The highest BCUT2D eigenvalue weighted by atomic mass is 16.6. The summed E-state index contributed by atoms with van der Waals surface area (Å²) in [7, 11) is 0. The van der Waals surface area contributed by atoms with Crippen molar-refractivity contribution in [1.82, 2.24) is 10.2 Å². The number of nitro groups is 2. The van der Waals surface area contributed by atoms with Gasteiger partial charge in [-0.1, -0.05) is 13.8 Å². The van der Waals surface area contributed by atoms with Gasteiger partial charge in [-0.25, -0.2) is 5.10 Å². The number of hydrogen-bond acceptors (Lipinski definition) is 7. The van der Waals surface area contributed by atoms with Gasteiger partial charge in [-0.3, -0.25) is 25.0 Å². The van der Waals surface area contributed by atoms with Crippen molar-refractivity contribution >= 4 is 17.1 Å². The zero-order valence-corrected chi connectivity index (χ0v) is 13.7. The van der Waals surface area contributed by atoms with Crippen molar-refractivity contribution in [2.45, 2.75) is 33.2 Å². The molecule has 0 unspecified atom stereocenters. The summed E-state index contributed by atoms with van der Waals surface area (Å²) in [6.45, 7) is 3.86. The van der Waals surface area contributed by atoms with E-state index in [0.717, 1.165) is 17.3 Å². The lowest BCUT2D eigenvalue weighted by molar-refractivity contribution is -0.393. The molecule has 0 saturated carbocycles. The highest BCUT2D eigenvalue weighted by Gasteiger charge is 2.20. The van der Waals surface area contributed by atoms with Crippen LogP contribution in [0.15, 0.2) is 23.0 Å². The fourth-order valence-electron chi connectivity index (χ4n) is 2.58. The summed E-state index contributed by atoms with van der Waals surface area (Å²) in [5, 5.41) is 31.2. The van der Waals surface area contributed by atoms with Crippen LogP contribution in [0.1, 0.15) is 30.7 Å². The van der Waals surface area contributed by atoms with Crippen molar-refractivity contribution in [3.8, 4) is 0 Å². The van der Waals surface area contributed by atoms with Crippen molar-refractivity contribution in [1.29, 1.82) is 0 Å².